The van der Waals surface area contributed by atoms with E-state index in [2.05, 4.69) is 47.8 Å². The first kappa shape index (κ1) is 13.5. The minimum Gasteiger partial charge on any atom is -0.290 e. The van der Waals surface area contributed by atoms with Crippen LogP contribution in [0.4, 0.5) is 0 Å². The summed E-state index contributed by atoms with van der Waals surface area (Å²) in [7, 11) is 0. The molecule has 0 saturated carbocycles. The van der Waals surface area contributed by atoms with Crippen LogP contribution in [0.25, 0.3) is 20.9 Å². The summed E-state index contributed by atoms with van der Waals surface area (Å²) in [6.07, 6.45) is 5.01. The van der Waals surface area contributed by atoms with Gasteiger partial charge in [0.05, 0.1) is 0 Å². The minimum absolute atomic E-state index is 0.121. The van der Waals surface area contributed by atoms with Crippen molar-refractivity contribution in [1.29, 1.82) is 0 Å². The van der Waals surface area contributed by atoms with Crippen molar-refractivity contribution < 1.29 is 9.59 Å². The molecule has 1 aliphatic rings. The third-order valence-electron chi connectivity index (χ3n) is 3.14. The van der Waals surface area contributed by atoms with Crippen molar-refractivity contribution in [2.24, 2.45) is 0 Å². The molecule has 0 fully saturated rings. The minimum atomic E-state index is -0.121. The van der Waals surface area contributed by atoms with Gasteiger partial charge >= 0.3 is 0 Å². The maximum atomic E-state index is 10.3. The standard InChI is InChI=1S/C12H8S.C6H4O2/c1-2-4-10-8-12-11(5-6-13-12)7-9(10)3-1;7-5-1-2-6(8)4-3-5/h1-8H;1-4H. The fourth-order valence-electron chi connectivity index (χ4n) is 2.09. The highest BCUT2D eigenvalue weighted by atomic mass is 32.1. The molecular formula is C18H12O2S. The van der Waals surface area contributed by atoms with Crippen LogP contribution in [0.5, 0.6) is 0 Å². The predicted octanol–water partition coefficient (Wildman–Crippen LogP) is 4.31. The van der Waals surface area contributed by atoms with E-state index < -0.39 is 0 Å². The number of allylic oxidation sites excluding steroid dienone is 4. The number of benzene rings is 2. The number of thiophene rings is 1. The quantitative estimate of drug-likeness (QED) is 0.579. The number of fused-ring (bicyclic) bond motifs is 2. The molecule has 0 amide bonds. The van der Waals surface area contributed by atoms with E-state index in [9.17, 15) is 9.59 Å². The van der Waals surface area contributed by atoms with E-state index in [1.165, 1.54) is 45.2 Å². The fraction of sp³-hybridized carbons (Fsp3) is 0. The maximum absolute atomic E-state index is 10.3. The molecule has 0 N–H and O–H groups in total. The van der Waals surface area contributed by atoms with E-state index in [1.807, 2.05) is 0 Å². The summed E-state index contributed by atoms with van der Waals surface area (Å²) >= 11 is 1.80. The highest BCUT2D eigenvalue weighted by molar-refractivity contribution is 7.17. The Hall–Kier alpha value is -2.52. The van der Waals surface area contributed by atoms with Gasteiger partial charge in [-0.05, 0) is 64.0 Å². The van der Waals surface area contributed by atoms with Crippen molar-refractivity contribution in [2.45, 2.75) is 0 Å². The van der Waals surface area contributed by atoms with Gasteiger partial charge in [-0.25, -0.2) is 0 Å². The van der Waals surface area contributed by atoms with Gasteiger partial charge in [0.1, 0.15) is 0 Å². The molecule has 0 spiro atoms. The van der Waals surface area contributed by atoms with E-state index >= 15 is 0 Å². The highest BCUT2D eigenvalue weighted by Crippen LogP contribution is 2.26. The van der Waals surface area contributed by atoms with Gasteiger partial charge in [0.15, 0.2) is 11.6 Å². The van der Waals surface area contributed by atoms with Gasteiger partial charge in [0.2, 0.25) is 0 Å². The van der Waals surface area contributed by atoms with Crippen molar-refractivity contribution >= 4 is 43.8 Å². The van der Waals surface area contributed by atoms with Crippen LogP contribution in [0.3, 0.4) is 0 Å². The number of carbonyl (C=O) groups is 2. The molecule has 0 atom stereocenters. The molecule has 2 nitrogen and oxygen atoms in total. The second-order valence-corrected chi connectivity index (χ2v) is 5.58. The third kappa shape index (κ3) is 3.15. The zero-order valence-electron chi connectivity index (χ0n) is 11.2. The number of ketones is 2. The molecule has 102 valence electrons. The summed E-state index contributed by atoms with van der Waals surface area (Å²) in [6, 6.07) is 15.2. The lowest BCUT2D eigenvalue weighted by atomic mass is 10.1. The molecule has 1 aromatic heterocycles. The van der Waals surface area contributed by atoms with Crippen LogP contribution in [0.15, 0.2) is 72.1 Å². The van der Waals surface area contributed by atoms with E-state index in [0.29, 0.717) is 0 Å². The Morgan fingerprint density at radius 1 is 0.667 bits per heavy atom. The average molecular weight is 292 g/mol. The van der Waals surface area contributed by atoms with E-state index in [1.54, 1.807) is 11.3 Å². The Kier molecular flexibility index (Phi) is 3.75. The molecule has 0 radical (unpaired) electrons. The van der Waals surface area contributed by atoms with Crippen molar-refractivity contribution in [2.75, 3.05) is 0 Å². The molecule has 1 aliphatic carbocycles. The molecule has 4 rings (SSSR count). The Balaban J connectivity index is 0.000000143. The topological polar surface area (TPSA) is 34.1 Å². The fourth-order valence-corrected chi connectivity index (χ4v) is 2.91. The number of carbonyl (C=O) groups excluding carboxylic acids is 2. The van der Waals surface area contributed by atoms with Crippen molar-refractivity contribution in [1.82, 2.24) is 0 Å². The average Bonchev–Trinajstić information content (AvgIpc) is 2.96. The van der Waals surface area contributed by atoms with Crippen LogP contribution in [0.2, 0.25) is 0 Å². The Morgan fingerprint density at radius 2 is 1.24 bits per heavy atom. The van der Waals surface area contributed by atoms with Gasteiger partial charge in [-0.3, -0.25) is 9.59 Å². The maximum Gasteiger partial charge on any atom is 0.178 e. The van der Waals surface area contributed by atoms with Crippen LogP contribution < -0.4 is 0 Å². The van der Waals surface area contributed by atoms with E-state index in [-0.39, 0.29) is 11.6 Å². The number of hydrogen-bond acceptors (Lipinski definition) is 3. The number of hydrogen-bond donors (Lipinski definition) is 0. The SMILES string of the molecule is O=C1C=CC(=O)C=C1.c1ccc2cc3sccc3cc2c1. The van der Waals surface area contributed by atoms with Crippen molar-refractivity contribution in [3.8, 4) is 0 Å². The Morgan fingerprint density at radius 3 is 1.86 bits per heavy atom. The Bertz CT molecular complexity index is 797. The van der Waals surface area contributed by atoms with E-state index in [4.69, 9.17) is 0 Å². The largest absolute Gasteiger partial charge is 0.290 e. The monoisotopic (exact) mass is 292 g/mol. The summed E-state index contributed by atoms with van der Waals surface area (Å²) in [6.45, 7) is 0. The first-order valence-corrected chi connectivity index (χ1v) is 7.40. The zero-order valence-corrected chi connectivity index (χ0v) is 12.0. The smallest absolute Gasteiger partial charge is 0.178 e. The molecule has 21 heavy (non-hydrogen) atoms. The summed E-state index contributed by atoms with van der Waals surface area (Å²) in [5, 5.41) is 6.15. The van der Waals surface area contributed by atoms with Crippen LogP contribution in [-0.4, -0.2) is 11.6 Å². The lowest BCUT2D eigenvalue weighted by molar-refractivity contribution is -0.113. The lowest BCUT2D eigenvalue weighted by Gasteiger charge is -1.96. The van der Waals surface area contributed by atoms with E-state index in [0.717, 1.165) is 0 Å². The summed E-state index contributed by atoms with van der Waals surface area (Å²) in [5.41, 5.74) is 0. The first-order chi connectivity index (χ1) is 10.2. The molecule has 3 aromatic rings. The highest BCUT2D eigenvalue weighted by Gasteiger charge is 1.98. The van der Waals surface area contributed by atoms with Gasteiger partial charge in [-0.2, -0.15) is 0 Å². The van der Waals surface area contributed by atoms with Gasteiger partial charge in [0.25, 0.3) is 0 Å². The molecule has 1 heterocycles. The van der Waals surface area contributed by atoms with Gasteiger partial charge in [-0.15, -0.1) is 11.3 Å². The summed E-state index contributed by atoms with van der Waals surface area (Å²) in [5.74, 6) is -0.241. The van der Waals surface area contributed by atoms with Crippen LogP contribution in [-0.2, 0) is 9.59 Å². The Labute approximate surface area is 126 Å². The summed E-state index contributed by atoms with van der Waals surface area (Å²) < 4.78 is 1.37. The third-order valence-corrected chi connectivity index (χ3v) is 4.02. The molecular weight excluding hydrogens is 280 g/mol. The predicted molar refractivity (Wildman–Crippen MR) is 87.6 cm³/mol. The first-order valence-electron chi connectivity index (χ1n) is 6.52. The number of rotatable bonds is 0. The van der Waals surface area contributed by atoms with Crippen molar-refractivity contribution in [3.05, 3.63) is 72.1 Å². The zero-order chi connectivity index (χ0) is 14.7. The lowest BCUT2D eigenvalue weighted by Crippen LogP contribution is -1.97. The molecule has 0 bridgehead atoms. The molecule has 3 heteroatoms. The van der Waals surface area contributed by atoms with Crippen LogP contribution >= 0.6 is 11.3 Å². The van der Waals surface area contributed by atoms with Crippen molar-refractivity contribution in [3.63, 3.8) is 0 Å². The van der Waals surface area contributed by atoms with Crippen LogP contribution in [0, 0.1) is 0 Å². The molecule has 2 aromatic carbocycles. The van der Waals surface area contributed by atoms with Crippen LogP contribution in [0.1, 0.15) is 0 Å². The molecule has 0 saturated heterocycles. The molecule has 0 unspecified atom stereocenters. The second-order valence-electron chi connectivity index (χ2n) is 4.63. The van der Waals surface area contributed by atoms with Gasteiger partial charge in [-0.1, -0.05) is 24.3 Å². The second kappa shape index (κ2) is 5.85. The normalized spacial score (nSPS) is 13.5. The molecule has 0 aliphatic heterocycles. The van der Waals surface area contributed by atoms with Gasteiger partial charge in [0, 0.05) is 4.70 Å². The van der Waals surface area contributed by atoms with Gasteiger partial charge < -0.3 is 0 Å². The summed E-state index contributed by atoms with van der Waals surface area (Å²) in [4.78, 5) is 20.6.